The zero-order valence-electron chi connectivity index (χ0n) is 14.6. The van der Waals surface area contributed by atoms with E-state index in [1.165, 1.54) is 0 Å². The van der Waals surface area contributed by atoms with Crippen molar-refractivity contribution in [2.75, 3.05) is 6.61 Å². The lowest BCUT2D eigenvalue weighted by molar-refractivity contribution is -0.143. The third-order valence-electron chi connectivity index (χ3n) is 4.15. The van der Waals surface area contributed by atoms with Crippen molar-refractivity contribution >= 4 is 18.4 Å². The van der Waals surface area contributed by atoms with Gasteiger partial charge in [0.05, 0.1) is 6.61 Å². The molecule has 0 aromatic heterocycles. The molecule has 0 spiro atoms. The number of esters is 1. The molecule has 2 aromatic carbocycles. The standard InChI is InChI=1S/C20H23FO2.ClH/c1-5-23-19(22)11-10-17-15(4)18(12-14(3)20(17)21)16-9-7-6-8-13(16)2;/h6-9,12H,5,10-11H2,1-4H3;1H. The van der Waals surface area contributed by atoms with Gasteiger partial charge in [0.1, 0.15) is 5.82 Å². The fraction of sp³-hybridized carbons (Fsp3) is 0.350. The zero-order chi connectivity index (χ0) is 17.0. The summed E-state index contributed by atoms with van der Waals surface area (Å²) in [5.41, 5.74) is 5.39. The summed E-state index contributed by atoms with van der Waals surface area (Å²) in [4.78, 5) is 11.6. The lowest BCUT2D eigenvalue weighted by atomic mass is 9.90. The molecule has 4 heteroatoms. The summed E-state index contributed by atoms with van der Waals surface area (Å²) < 4.78 is 19.5. The Hall–Kier alpha value is -1.87. The first-order chi connectivity index (χ1) is 11.0. The minimum atomic E-state index is -0.287. The third kappa shape index (κ3) is 4.35. The lowest BCUT2D eigenvalue weighted by Crippen LogP contribution is -2.08. The largest absolute Gasteiger partial charge is 0.466 e. The quantitative estimate of drug-likeness (QED) is 0.681. The van der Waals surface area contributed by atoms with Gasteiger partial charge in [-0.25, -0.2) is 4.39 Å². The summed E-state index contributed by atoms with van der Waals surface area (Å²) in [7, 11) is 0. The van der Waals surface area contributed by atoms with Crippen LogP contribution in [0.4, 0.5) is 4.39 Å². The molecule has 0 unspecified atom stereocenters. The summed E-state index contributed by atoms with van der Waals surface area (Å²) in [5, 5.41) is 0. The van der Waals surface area contributed by atoms with Crippen LogP contribution in [0.15, 0.2) is 30.3 Å². The number of rotatable bonds is 5. The second-order valence-electron chi connectivity index (χ2n) is 5.78. The Kier molecular flexibility index (Phi) is 7.43. The Morgan fingerprint density at radius 3 is 2.38 bits per heavy atom. The SMILES string of the molecule is CCOC(=O)CCc1c(C)c(-c2ccccc2C)cc(C)c1F.Cl. The van der Waals surface area contributed by atoms with Crippen molar-refractivity contribution < 1.29 is 13.9 Å². The van der Waals surface area contributed by atoms with Crippen molar-refractivity contribution in [3.8, 4) is 11.1 Å². The van der Waals surface area contributed by atoms with Gasteiger partial charge in [0.2, 0.25) is 0 Å². The van der Waals surface area contributed by atoms with Crippen molar-refractivity contribution in [2.24, 2.45) is 0 Å². The van der Waals surface area contributed by atoms with E-state index in [1.54, 1.807) is 13.8 Å². The molecular formula is C20H24ClFO2. The molecule has 130 valence electrons. The molecule has 0 fully saturated rings. The number of hydrogen-bond donors (Lipinski definition) is 0. The molecule has 0 N–H and O–H groups in total. The van der Waals surface area contributed by atoms with E-state index in [0.29, 0.717) is 24.2 Å². The van der Waals surface area contributed by atoms with Crippen LogP contribution in [-0.2, 0) is 16.0 Å². The van der Waals surface area contributed by atoms with E-state index in [-0.39, 0.29) is 30.6 Å². The van der Waals surface area contributed by atoms with Crippen LogP contribution in [0.1, 0.15) is 35.6 Å². The Morgan fingerprint density at radius 2 is 1.75 bits per heavy atom. The molecule has 2 aromatic rings. The van der Waals surface area contributed by atoms with E-state index in [2.05, 4.69) is 0 Å². The van der Waals surface area contributed by atoms with Gasteiger partial charge in [0, 0.05) is 6.42 Å². The van der Waals surface area contributed by atoms with Crippen LogP contribution in [0.3, 0.4) is 0 Å². The van der Waals surface area contributed by atoms with Gasteiger partial charge < -0.3 is 4.74 Å². The van der Waals surface area contributed by atoms with E-state index in [1.807, 2.05) is 44.2 Å². The first-order valence-electron chi connectivity index (χ1n) is 7.95. The summed E-state index contributed by atoms with van der Waals surface area (Å²) in [5.74, 6) is -0.505. The van der Waals surface area contributed by atoms with Crippen molar-refractivity contribution in [2.45, 2.75) is 40.5 Å². The second kappa shape index (κ2) is 8.84. The molecular weight excluding hydrogens is 327 g/mol. The molecule has 0 bridgehead atoms. The maximum atomic E-state index is 14.5. The fourth-order valence-corrected chi connectivity index (χ4v) is 2.87. The molecule has 0 amide bonds. The number of ether oxygens (including phenoxy) is 1. The highest BCUT2D eigenvalue weighted by molar-refractivity contribution is 5.85. The first kappa shape index (κ1) is 20.2. The highest BCUT2D eigenvalue weighted by Crippen LogP contribution is 2.32. The van der Waals surface area contributed by atoms with Crippen LogP contribution in [0.5, 0.6) is 0 Å². The number of halogens is 2. The molecule has 2 nitrogen and oxygen atoms in total. The molecule has 0 saturated carbocycles. The topological polar surface area (TPSA) is 26.3 Å². The second-order valence-corrected chi connectivity index (χ2v) is 5.78. The van der Waals surface area contributed by atoms with E-state index in [9.17, 15) is 9.18 Å². The predicted octanol–water partition coefficient (Wildman–Crippen LogP) is 5.34. The Balaban J connectivity index is 0.00000288. The van der Waals surface area contributed by atoms with Gasteiger partial charge in [0.25, 0.3) is 0 Å². The summed E-state index contributed by atoms with van der Waals surface area (Å²) in [6.45, 7) is 7.86. The summed E-state index contributed by atoms with van der Waals surface area (Å²) in [6, 6.07) is 9.96. The lowest BCUT2D eigenvalue weighted by Gasteiger charge is -2.16. The molecule has 24 heavy (non-hydrogen) atoms. The average molecular weight is 351 g/mol. The number of hydrogen-bond acceptors (Lipinski definition) is 2. The average Bonchev–Trinajstić information content (AvgIpc) is 2.52. The molecule has 2 rings (SSSR count). The van der Waals surface area contributed by atoms with Gasteiger partial charge in [-0.15, -0.1) is 12.4 Å². The summed E-state index contributed by atoms with van der Waals surface area (Å²) in [6.07, 6.45) is 0.555. The van der Waals surface area contributed by atoms with E-state index >= 15 is 0 Å². The van der Waals surface area contributed by atoms with Crippen LogP contribution in [0.25, 0.3) is 11.1 Å². The van der Waals surface area contributed by atoms with Crippen molar-refractivity contribution in [3.05, 3.63) is 58.4 Å². The molecule has 0 heterocycles. The Bertz CT molecular complexity index is 726. The van der Waals surface area contributed by atoms with Gasteiger partial charge in [-0.05, 0) is 73.6 Å². The van der Waals surface area contributed by atoms with Gasteiger partial charge in [0.15, 0.2) is 0 Å². The van der Waals surface area contributed by atoms with E-state index in [4.69, 9.17) is 4.74 Å². The number of benzene rings is 2. The van der Waals surface area contributed by atoms with Crippen LogP contribution < -0.4 is 0 Å². The predicted molar refractivity (Wildman–Crippen MR) is 98.2 cm³/mol. The fourth-order valence-electron chi connectivity index (χ4n) is 2.87. The maximum Gasteiger partial charge on any atom is 0.306 e. The van der Waals surface area contributed by atoms with Crippen LogP contribution in [0.2, 0.25) is 0 Å². The maximum absolute atomic E-state index is 14.5. The minimum Gasteiger partial charge on any atom is -0.466 e. The number of carbonyl (C=O) groups is 1. The van der Waals surface area contributed by atoms with Crippen LogP contribution >= 0.6 is 12.4 Å². The Morgan fingerprint density at radius 1 is 1.08 bits per heavy atom. The van der Waals surface area contributed by atoms with Crippen LogP contribution in [-0.4, -0.2) is 12.6 Å². The van der Waals surface area contributed by atoms with Gasteiger partial charge in [-0.1, -0.05) is 24.3 Å². The number of carbonyl (C=O) groups excluding carboxylic acids is 1. The van der Waals surface area contributed by atoms with E-state index in [0.717, 1.165) is 22.3 Å². The third-order valence-corrected chi connectivity index (χ3v) is 4.15. The first-order valence-corrected chi connectivity index (χ1v) is 7.95. The molecule has 0 aliphatic heterocycles. The molecule has 0 aliphatic rings. The van der Waals surface area contributed by atoms with Crippen molar-refractivity contribution in [1.29, 1.82) is 0 Å². The van der Waals surface area contributed by atoms with Gasteiger partial charge in [-0.3, -0.25) is 4.79 Å². The van der Waals surface area contributed by atoms with E-state index < -0.39 is 0 Å². The van der Waals surface area contributed by atoms with Crippen molar-refractivity contribution in [3.63, 3.8) is 0 Å². The highest BCUT2D eigenvalue weighted by Gasteiger charge is 2.16. The van der Waals surface area contributed by atoms with Crippen LogP contribution in [0, 0.1) is 26.6 Å². The van der Waals surface area contributed by atoms with Crippen molar-refractivity contribution in [1.82, 2.24) is 0 Å². The molecule has 0 atom stereocenters. The summed E-state index contributed by atoms with van der Waals surface area (Å²) >= 11 is 0. The normalized spacial score (nSPS) is 10.2. The molecule has 0 saturated heterocycles. The zero-order valence-corrected chi connectivity index (χ0v) is 15.4. The minimum absolute atomic E-state index is 0. The number of aryl methyl sites for hydroxylation is 2. The Labute approximate surface area is 149 Å². The highest BCUT2D eigenvalue weighted by atomic mass is 35.5. The molecule has 0 radical (unpaired) electrons. The monoisotopic (exact) mass is 350 g/mol. The molecule has 0 aliphatic carbocycles. The smallest absolute Gasteiger partial charge is 0.306 e. The van der Waals surface area contributed by atoms with Gasteiger partial charge in [-0.2, -0.15) is 0 Å². The van der Waals surface area contributed by atoms with Gasteiger partial charge >= 0.3 is 5.97 Å².